The largest absolute Gasteiger partial charge is 0.504 e. The summed E-state index contributed by atoms with van der Waals surface area (Å²) in [6.45, 7) is 1.07. The lowest BCUT2D eigenvalue weighted by Crippen LogP contribution is -2.32. The Morgan fingerprint density at radius 1 is 1.21 bits per heavy atom. The summed E-state index contributed by atoms with van der Waals surface area (Å²) in [4.78, 5) is 22.4. The monoisotopic (exact) mass is 446 g/mol. The van der Waals surface area contributed by atoms with Gasteiger partial charge in [0.1, 0.15) is 16.9 Å². The third-order valence-electron chi connectivity index (χ3n) is 5.54. The van der Waals surface area contributed by atoms with Crippen molar-refractivity contribution in [3.05, 3.63) is 53.6 Å². The fourth-order valence-corrected chi connectivity index (χ4v) is 3.83. The van der Waals surface area contributed by atoms with Crippen LogP contribution in [0.25, 0.3) is 22.2 Å². The first-order valence-electron chi connectivity index (χ1n) is 10.5. The number of anilines is 1. The van der Waals surface area contributed by atoms with Crippen LogP contribution in [0.4, 0.5) is 5.82 Å². The van der Waals surface area contributed by atoms with Gasteiger partial charge in [0.25, 0.3) is 5.91 Å². The van der Waals surface area contributed by atoms with Crippen LogP contribution in [0.5, 0.6) is 11.5 Å². The van der Waals surface area contributed by atoms with Gasteiger partial charge in [-0.2, -0.15) is 9.78 Å². The Morgan fingerprint density at radius 2 is 2.00 bits per heavy atom. The minimum atomic E-state index is -0.381. The maximum atomic E-state index is 13.1. The number of phenols is 2. The van der Waals surface area contributed by atoms with E-state index in [1.807, 2.05) is 24.3 Å². The zero-order valence-corrected chi connectivity index (χ0v) is 17.6. The number of hydrogen-bond acceptors (Lipinski definition) is 8. The van der Waals surface area contributed by atoms with Gasteiger partial charge >= 0.3 is 0 Å². The highest BCUT2D eigenvalue weighted by Crippen LogP contribution is 2.28. The standard InChI is InChI=1S/C23H22N6O4/c24-21-19(23(32)25-12-14-4-3-9-33-14)20-22(28-16-6-2-1-5-15(16)27-20)29(21)26-11-13-7-8-17(30)18(31)10-13/h1-2,5-8,10-11,14,30-31H,3-4,9,12,24H2,(H,25,32)/b26-11-/t14-/m1/s1. The molecular formula is C23H22N6O4. The number of carbonyl (C=O) groups is 1. The predicted molar refractivity (Wildman–Crippen MR) is 124 cm³/mol. The number of nitrogens with zero attached hydrogens (tertiary/aromatic N) is 4. The normalized spacial score (nSPS) is 16.2. The van der Waals surface area contributed by atoms with E-state index in [9.17, 15) is 15.0 Å². The first-order chi connectivity index (χ1) is 16.0. The Bertz CT molecular complexity index is 1390. The number of nitrogens with one attached hydrogen (secondary N) is 1. The van der Waals surface area contributed by atoms with E-state index in [1.54, 1.807) is 6.07 Å². The molecule has 5 N–H and O–H groups in total. The van der Waals surface area contributed by atoms with Gasteiger partial charge in [-0.05, 0) is 48.7 Å². The van der Waals surface area contributed by atoms with E-state index in [-0.39, 0.29) is 34.9 Å². The molecule has 1 aliphatic heterocycles. The van der Waals surface area contributed by atoms with Crippen molar-refractivity contribution in [1.29, 1.82) is 0 Å². The van der Waals surface area contributed by atoms with Crippen molar-refractivity contribution in [3.63, 3.8) is 0 Å². The van der Waals surface area contributed by atoms with E-state index in [2.05, 4.69) is 20.4 Å². The van der Waals surface area contributed by atoms with Crippen LogP contribution in [-0.2, 0) is 4.74 Å². The van der Waals surface area contributed by atoms with Crippen molar-refractivity contribution in [2.75, 3.05) is 18.9 Å². The van der Waals surface area contributed by atoms with Crippen molar-refractivity contribution in [1.82, 2.24) is 20.0 Å². The first-order valence-corrected chi connectivity index (χ1v) is 10.5. The molecule has 168 valence electrons. The number of carbonyl (C=O) groups excluding carboxylic acids is 1. The Kier molecular flexibility index (Phi) is 5.27. The number of aromatic nitrogens is 3. The van der Waals surface area contributed by atoms with Crippen LogP contribution < -0.4 is 11.1 Å². The summed E-state index contributed by atoms with van der Waals surface area (Å²) < 4.78 is 6.93. The number of rotatable bonds is 5. The van der Waals surface area contributed by atoms with Crippen LogP contribution in [0.1, 0.15) is 28.8 Å². The molecule has 0 aliphatic carbocycles. The van der Waals surface area contributed by atoms with Crippen molar-refractivity contribution >= 4 is 40.1 Å². The van der Waals surface area contributed by atoms with Crippen molar-refractivity contribution in [2.45, 2.75) is 18.9 Å². The second-order valence-electron chi connectivity index (χ2n) is 7.79. The van der Waals surface area contributed by atoms with Gasteiger partial charge in [0.15, 0.2) is 17.1 Å². The summed E-state index contributed by atoms with van der Waals surface area (Å²) in [5.41, 5.74) is 9.00. The minimum absolute atomic E-state index is 0.0179. The lowest BCUT2D eigenvalue weighted by molar-refractivity contribution is 0.0859. The van der Waals surface area contributed by atoms with Crippen LogP contribution >= 0.6 is 0 Å². The Morgan fingerprint density at radius 3 is 2.73 bits per heavy atom. The molecule has 0 radical (unpaired) electrons. The molecule has 1 saturated heterocycles. The number of para-hydroxylation sites is 2. The van der Waals surface area contributed by atoms with Gasteiger partial charge < -0.3 is 26.0 Å². The second kappa shape index (κ2) is 8.40. The molecule has 1 atom stereocenters. The Balaban J connectivity index is 1.59. The number of phenolic OH excluding ortho intramolecular Hbond substituents is 2. The predicted octanol–water partition coefficient (Wildman–Crippen LogP) is 2.37. The molecule has 2 aromatic carbocycles. The van der Waals surface area contributed by atoms with E-state index in [4.69, 9.17) is 10.5 Å². The average molecular weight is 446 g/mol. The number of nitrogens with two attached hydrogens (primary N) is 1. The molecule has 0 bridgehead atoms. The SMILES string of the molecule is Nc1c(C(=O)NC[C@H]2CCCO2)c2nc3ccccc3nc2n1/N=C\c1ccc(O)c(O)c1. The van der Waals surface area contributed by atoms with Crippen LogP contribution in [0.3, 0.4) is 0 Å². The van der Waals surface area contributed by atoms with Crippen LogP contribution in [0.2, 0.25) is 0 Å². The van der Waals surface area contributed by atoms with Gasteiger partial charge in [-0.25, -0.2) is 9.97 Å². The molecule has 1 fully saturated rings. The van der Waals surface area contributed by atoms with E-state index < -0.39 is 0 Å². The first kappa shape index (κ1) is 20.7. The molecule has 0 spiro atoms. The molecule has 3 heterocycles. The fraction of sp³-hybridized carbons (Fsp3) is 0.217. The molecule has 4 aromatic rings. The van der Waals surface area contributed by atoms with Crippen molar-refractivity contribution < 1.29 is 19.7 Å². The summed E-state index contributed by atoms with van der Waals surface area (Å²) in [6.07, 6.45) is 3.29. The van der Waals surface area contributed by atoms with Crippen LogP contribution in [0.15, 0.2) is 47.6 Å². The molecule has 2 aromatic heterocycles. The van der Waals surface area contributed by atoms with E-state index >= 15 is 0 Å². The van der Waals surface area contributed by atoms with Crippen LogP contribution in [-0.4, -0.2) is 56.2 Å². The van der Waals surface area contributed by atoms with Gasteiger partial charge in [-0.15, -0.1) is 0 Å². The number of ether oxygens (including phenoxy) is 1. The van der Waals surface area contributed by atoms with Gasteiger partial charge in [-0.1, -0.05) is 12.1 Å². The van der Waals surface area contributed by atoms with Crippen molar-refractivity contribution in [3.8, 4) is 11.5 Å². The maximum absolute atomic E-state index is 13.1. The van der Waals surface area contributed by atoms with Crippen molar-refractivity contribution in [2.24, 2.45) is 5.10 Å². The number of aromatic hydroxyl groups is 2. The molecule has 5 rings (SSSR count). The lowest BCUT2D eigenvalue weighted by atomic mass is 10.2. The zero-order chi connectivity index (χ0) is 22.9. The summed E-state index contributed by atoms with van der Waals surface area (Å²) >= 11 is 0. The summed E-state index contributed by atoms with van der Waals surface area (Å²) in [5.74, 6) is -0.803. The maximum Gasteiger partial charge on any atom is 0.257 e. The van der Waals surface area contributed by atoms with E-state index in [1.165, 1.54) is 23.0 Å². The van der Waals surface area contributed by atoms with Gasteiger partial charge in [-0.3, -0.25) is 4.79 Å². The number of hydrogen-bond donors (Lipinski definition) is 4. The molecule has 10 nitrogen and oxygen atoms in total. The van der Waals surface area contributed by atoms with Gasteiger partial charge in [0.05, 0.1) is 23.4 Å². The molecule has 0 saturated carbocycles. The second-order valence-corrected chi connectivity index (χ2v) is 7.79. The van der Waals surface area contributed by atoms with E-state index in [0.29, 0.717) is 40.9 Å². The summed E-state index contributed by atoms with van der Waals surface area (Å²) in [7, 11) is 0. The third-order valence-corrected chi connectivity index (χ3v) is 5.54. The van der Waals surface area contributed by atoms with Gasteiger partial charge in [0, 0.05) is 13.2 Å². The molecule has 33 heavy (non-hydrogen) atoms. The molecule has 0 unspecified atom stereocenters. The van der Waals surface area contributed by atoms with Crippen LogP contribution in [0, 0.1) is 0 Å². The third kappa shape index (κ3) is 3.92. The highest BCUT2D eigenvalue weighted by Gasteiger charge is 2.25. The summed E-state index contributed by atoms with van der Waals surface area (Å²) in [6, 6.07) is 11.6. The number of fused-ring (bicyclic) bond motifs is 2. The molecular weight excluding hydrogens is 424 g/mol. The summed E-state index contributed by atoms with van der Waals surface area (Å²) in [5, 5.41) is 26.5. The zero-order valence-electron chi connectivity index (χ0n) is 17.6. The van der Waals surface area contributed by atoms with Gasteiger partial charge in [0.2, 0.25) is 0 Å². The Hall–Kier alpha value is -4.18. The highest BCUT2D eigenvalue weighted by molar-refractivity contribution is 6.10. The number of benzene rings is 2. The molecule has 10 heteroatoms. The average Bonchev–Trinajstić information content (AvgIpc) is 3.42. The Labute approximate surface area is 188 Å². The minimum Gasteiger partial charge on any atom is -0.504 e. The van der Waals surface area contributed by atoms with E-state index in [0.717, 1.165) is 12.8 Å². The topological polar surface area (TPSA) is 148 Å². The quantitative estimate of drug-likeness (QED) is 0.272. The lowest BCUT2D eigenvalue weighted by Gasteiger charge is -2.10. The highest BCUT2D eigenvalue weighted by atomic mass is 16.5. The smallest absolute Gasteiger partial charge is 0.257 e. The number of nitrogen functional groups attached to an aromatic ring is 1. The number of amides is 1. The fourth-order valence-electron chi connectivity index (χ4n) is 3.83. The molecule has 1 aliphatic rings. The molecule has 1 amide bonds.